The van der Waals surface area contributed by atoms with Crippen molar-refractivity contribution in [1.82, 2.24) is 5.32 Å². The van der Waals surface area contributed by atoms with Crippen molar-refractivity contribution in [3.05, 3.63) is 28.0 Å². The zero-order valence-corrected chi connectivity index (χ0v) is 12.7. The molecule has 1 fully saturated rings. The number of rotatable bonds is 4. The standard InChI is InChI=1S/C14H17Cl2FN2O/c1-2-4-14(5-3-6-18-14)13(20)19-12-10(15)7-9(17)8-11(12)16/h7-8,18H,2-6H2,1H3,(H,19,20). The third kappa shape index (κ3) is 3.08. The van der Waals surface area contributed by atoms with Crippen LogP contribution in [0, 0.1) is 5.82 Å². The minimum absolute atomic E-state index is 0.105. The van der Waals surface area contributed by atoms with Crippen LogP contribution in [-0.2, 0) is 4.79 Å². The predicted octanol–water partition coefficient (Wildman–Crippen LogP) is 3.99. The molecule has 3 nitrogen and oxygen atoms in total. The Morgan fingerprint density at radius 1 is 1.45 bits per heavy atom. The minimum atomic E-state index is -0.574. The maximum atomic E-state index is 13.1. The number of hydrogen-bond donors (Lipinski definition) is 2. The number of nitrogens with one attached hydrogen (secondary N) is 2. The average molecular weight is 319 g/mol. The van der Waals surface area contributed by atoms with Crippen molar-refractivity contribution in [1.29, 1.82) is 0 Å². The molecule has 0 aliphatic carbocycles. The highest BCUT2D eigenvalue weighted by atomic mass is 35.5. The molecule has 0 saturated carbocycles. The van der Waals surface area contributed by atoms with Crippen molar-refractivity contribution >= 4 is 34.8 Å². The second kappa shape index (κ2) is 6.29. The van der Waals surface area contributed by atoms with Crippen LogP contribution in [-0.4, -0.2) is 18.0 Å². The number of hydrogen-bond acceptors (Lipinski definition) is 2. The first kappa shape index (κ1) is 15.5. The highest BCUT2D eigenvalue weighted by Crippen LogP contribution is 2.33. The lowest BCUT2D eigenvalue weighted by molar-refractivity contribution is -0.122. The van der Waals surface area contributed by atoms with Crippen molar-refractivity contribution < 1.29 is 9.18 Å². The number of carbonyl (C=O) groups is 1. The van der Waals surface area contributed by atoms with Gasteiger partial charge in [0.15, 0.2) is 0 Å². The van der Waals surface area contributed by atoms with E-state index in [2.05, 4.69) is 10.6 Å². The lowest BCUT2D eigenvalue weighted by atomic mass is 9.91. The highest BCUT2D eigenvalue weighted by molar-refractivity contribution is 6.39. The second-order valence-electron chi connectivity index (χ2n) is 5.06. The Hall–Kier alpha value is -0.840. The first-order valence-corrected chi connectivity index (χ1v) is 7.45. The van der Waals surface area contributed by atoms with Crippen molar-refractivity contribution in [2.75, 3.05) is 11.9 Å². The summed E-state index contributed by atoms with van der Waals surface area (Å²) in [5.74, 6) is -0.687. The van der Waals surface area contributed by atoms with E-state index in [1.165, 1.54) is 0 Å². The number of anilines is 1. The van der Waals surface area contributed by atoms with E-state index in [0.29, 0.717) is 0 Å². The number of benzene rings is 1. The Bertz CT molecular complexity index is 493. The molecular weight excluding hydrogens is 302 g/mol. The Morgan fingerprint density at radius 2 is 2.10 bits per heavy atom. The van der Waals surface area contributed by atoms with Crippen molar-refractivity contribution in [2.24, 2.45) is 0 Å². The van der Waals surface area contributed by atoms with Crippen LogP contribution in [0.2, 0.25) is 10.0 Å². The summed E-state index contributed by atoms with van der Waals surface area (Å²) in [6.45, 7) is 2.85. The molecule has 0 aromatic heterocycles. The summed E-state index contributed by atoms with van der Waals surface area (Å²) in [6, 6.07) is 2.27. The molecule has 110 valence electrons. The first-order chi connectivity index (χ1) is 9.48. The van der Waals surface area contributed by atoms with Gasteiger partial charge in [0.25, 0.3) is 0 Å². The third-order valence-electron chi connectivity index (χ3n) is 3.60. The van der Waals surface area contributed by atoms with Gasteiger partial charge in [-0.1, -0.05) is 36.5 Å². The highest BCUT2D eigenvalue weighted by Gasteiger charge is 2.40. The Kier molecular flexibility index (Phi) is 4.89. The molecule has 2 N–H and O–H groups in total. The molecule has 1 saturated heterocycles. The number of halogens is 3. The van der Waals surface area contributed by atoms with E-state index in [9.17, 15) is 9.18 Å². The fraction of sp³-hybridized carbons (Fsp3) is 0.500. The Morgan fingerprint density at radius 3 is 2.60 bits per heavy atom. The van der Waals surface area contributed by atoms with Crippen LogP contribution in [0.1, 0.15) is 32.6 Å². The summed E-state index contributed by atoms with van der Waals surface area (Å²) in [5, 5.41) is 6.22. The van der Waals surface area contributed by atoms with Crippen LogP contribution in [0.5, 0.6) is 0 Å². The SMILES string of the molecule is CCCC1(C(=O)Nc2c(Cl)cc(F)cc2Cl)CCCN1. The molecular formula is C14H17Cl2FN2O. The zero-order valence-electron chi connectivity index (χ0n) is 11.2. The summed E-state index contributed by atoms with van der Waals surface area (Å²) in [7, 11) is 0. The summed E-state index contributed by atoms with van der Waals surface area (Å²) in [6.07, 6.45) is 3.38. The van der Waals surface area contributed by atoms with E-state index in [0.717, 1.165) is 44.4 Å². The van der Waals surface area contributed by atoms with Crippen LogP contribution in [0.25, 0.3) is 0 Å². The maximum Gasteiger partial charge on any atom is 0.244 e. The molecule has 1 aromatic carbocycles. The molecule has 0 spiro atoms. The zero-order chi connectivity index (χ0) is 14.8. The molecule has 0 bridgehead atoms. The number of carbonyl (C=O) groups excluding carboxylic acids is 1. The molecule has 6 heteroatoms. The largest absolute Gasteiger partial charge is 0.322 e. The quantitative estimate of drug-likeness (QED) is 0.881. The summed E-state index contributed by atoms with van der Waals surface area (Å²) in [4.78, 5) is 12.5. The normalized spacial score (nSPS) is 22.0. The first-order valence-electron chi connectivity index (χ1n) is 6.69. The van der Waals surface area contributed by atoms with Crippen LogP contribution in [0.3, 0.4) is 0 Å². The Balaban J connectivity index is 2.23. The smallest absolute Gasteiger partial charge is 0.244 e. The summed E-state index contributed by atoms with van der Waals surface area (Å²) in [5.41, 5.74) is -0.306. The van der Waals surface area contributed by atoms with Crippen molar-refractivity contribution in [2.45, 2.75) is 38.1 Å². The summed E-state index contributed by atoms with van der Waals surface area (Å²) < 4.78 is 13.1. The molecule has 1 atom stereocenters. The van der Waals surface area contributed by atoms with Gasteiger partial charge in [-0.15, -0.1) is 0 Å². The lowest BCUT2D eigenvalue weighted by Gasteiger charge is -2.28. The van der Waals surface area contributed by atoms with Gasteiger partial charge in [-0.05, 0) is 37.9 Å². The molecule has 1 aliphatic rings. The van der Waals surface area contributed by atoms with E-state index < -0.39 is 11.4 Å². The van der Waals surface area contributed by atoms with Crippen molar-refractivity contribution in [3.63, 3.8) is 0 Å². The molecule has 1 aromatic rings. The van der Waals surface area contributed by atoms with Crippen LogP contribution in [0.4, 0.5) is 10.1 Å². The van der Waals surface area contributed by atoms with Gasteiger partial charge in [0.2, 0.25) is 5.91 Å². The average Bonchev–Trinajstić information content (AvgIpc) is 2.83. The predicted molar refractivity (Wildman–Crippen MR) is 79.9 cm³/mol. The van der Waals surface area contributed by atoms with E-state index in [1.54, 1.807) is 0 Å². The Labute approximate surface area is 127 Å². The number of amides is 1. The van der Waals surface area contributed by atoms with Gasteiger partial charge in [-0.2, -0.15) is 0 Å². The van der Waals surface area contributed by atoms with E-state index >= 15 is 0 Å². The topological polar surface area (TPSA) is 41.1 Å². The van der Waals surface area contributed by atoms with Gasteiger partial charge >= 0.3 is 0 Å². The molecule has 1 amide bonds. The van der Waals surface area contributed by atoms with E-state index in [4.69, 9.17) is 23.2 Å². The molecule has 0 radical (unpaired) electrons. The van der Waals surface area contributed by atoms with Gasteiger partial charge in [0, 0.05) is 0 Å². The molecule has 20 heavy (non-hydrogen) atoms. The van der Waals surface area contributed by atoms with Gasteiger partial charge in [-0.3, -0.25) is 4.79 Å². The third-order valence-corrected chi connectivity index (χ3v) is 4.20. The molecule has 1 unspecified atom stereocenters. The monoisotopic (exact) mass is 318 g/mol. The van der Waals surface area contributed by atoms with Crippen molar-refractivity contribution in [3.8, 4) is 0 Å². The van der Waals surface area contributed by atoms with Crippen LogP contribution in [0.15, 0.2) is 12.1 Å². The fourth-order valence-corrected chi connectivity index (χ4v) is 3.20. The van der Waals surface area contributed by atoms with Gasteiger partial charge in [-0.25, -0.2) is 4.39 Å². The maximum absolute atomic E-state index is 13.1. The minimum Gasteiger partial charge on any atom is -0.322 e. The van der Waals surface area contributed by atoms with E-state index in [1.807, 2.05) is 6.92 Å². The fourth-order valence-electron chi connectivity index (χ4n) is 2.65. The molecule has 2 rings (SSSR count). The van der Waals surface area contributed by atoms with Gasteiger partial charge in [0.1, 0.15) is 5.82 Å². The van der Waals surface area contributed by atoms with Crippen LogP contribution >= 0.6 is 23.2 Å². The van der Waals surface area contributed by atoms with Gasteiger partial charge < -0.3 is 10.6 Å². The summed E-state index contributed by atoms with van der Waals surface area (Å²) >= 11 is 11.9. The van der Waals surface area contributed by atoms with Crippen LogP contribution < -0.4 is 10.6 Å². The van der Waals surface area contributed by atoms with E-state index in [-0.39, 0.29) is 21.6 Å². The second-order valence-corrected chi connectivity index (χ2v) is 5.88. The molecule has 1 heterocycles. The molecule has 1 aliphatic heterocycles. The lowest BCUT2D eigenvalue weighted by Crippen LogP contribution is -2.50. The van der Waals surface area contributed by atoms with Gasteiger partial charge in [0.05, 0.1) is 21.3 Å².